The number of fused-ring (bicyclic) bond motifs is 2. The fourth-order valence-electron chi connectivity index (χ4n) is 3.57. The average Bonchev–Trinajstić information content (AvgIpc) is 3.18. The molecule has 30 heavy (non-hydrogen) atoms. The SMILES string of the molecule is CC(C)c1cnn2c(N[C@@H]3CNc4ncncc4C3)nc(-c3cncc(F)c3)nc12. The van der Waals surface area contributed by atoms with Crippen LogP contribution >= 0.6 is 0 Å². The Morgan fingerprint density at radius 1 is 1.17 bits per heavy atom. The minimum Gasteiger partial charge on any atom is -0.368 e. The van der Waals surface area contributed by atoms with Crippen LogP contribution in [-0.4, -0.2) is 47.1 Å². The molecule has 4 aromatic rings. The topological polar surface area (TPSA) is 106 Å². The number of aromatic nitrogens is 7. The summed E-state index contributed by atoms with van der Waals surface area (Å²) < 4.78 is 15.5. The lowest BCUT2D eigenvalue weighted by atomic mass is 10.0. The third-order valence-electron chi connectivity index (χ3n) is 5.08. The third-order valence-corrected chi connectivity index (χ3v) is 5.08. The van der Waals surface area contributed by atoms with Crippen molar-refractivity contribution >= 4 is 17.4 Å². The summed E-state index contributed by atoms with van der Waals surface area (Å²) in [6.45, 7) is 4.83. The summed E-state index contributed by atoms with van der Waals surface area (Å²) in [6.07, 6.45) is 8.60. The molecular formula is C20H20FN9. The first-order chi connectivity index (χ1) is 14.6. The number of rotatable bonds is 4. The summed E-state index contributed by atoms with van der Waals surface area (Å²) in [7, 11) is 0. The van der Waals surface area contributed by atoms with Crippen molar-refractivity contribution in [3.63, 3.8) is 0 Å². The maximum absolute atomic E-state index is 13.8. The molecule has 152 valence electrons. The van der Waals surface area contributed by atoms with Gasteiger partial charge in [0.2, 0.25) is 5.95 Å². The molecule has 0 radical (unpaired) electrons. The first-order valence-corrected chi connectivity index (χ1v) is 9.74. The van der Waals surface area contributed by atoms with Crippen LogP contribution in [0, 0.1) is 5.82 Å². The van der Waals surface area contributed by atoms with Crippen LogP contribution in [0.2, 0.25) is 0 Å². The monoisotopic (exact) mass is 405 g/mol. The van der Waals surface area contributed by atoms with E-state index in [-0.39, 0.29) is 12.0 Å². The van der Waals surface area contributed by atoms with E-state index in [0.29, 0.717) is 29.5 Å². The van der Waals surface area contributed by atoms with Crippen molar-refractivity contribution in [1.82, 2.24) is 34.5 Å². The zero-order valence-electron chi connectivity index (χ0n) is 16.5. The van der Waals surface area contributed by atoms with Gasteiger partial charge < -0.3 is 10.6 Å². The average molecular weight is 405 g/mol. The van der Waals surface area contributed by atoms with Crippen LogP contribution in [0.5, 0.6) is 0 Å². The summed E-state index contributed by atoms with van der Waals surface area (Å²) in [5, 5.41) is 11.3. The van der Waals surface area contributed by atoms with E-state index in [1.807, 2.05) is 6.20 Å². The van der Waals surface area contributed by atoms with E-state index in [2.05, 4.69) is 54.5 Å². The van der Waals surface area contributed by atoms with Gasteiger partial charge in [-0.2, -0.15) is 14.6 Å². The number of pyridine rings is 1. The molecule has 0 saturated carbocycles. The van der Waals surface area contributed by atoms with E-state index in [1.165, 1.54) is 12.4 Å². The molecule has 0 aromatic carbocycles. The van der Waals surface area contributed by atoms with Gasteiger partial charge in [0.15, 0.2) is 11.5 Å². The van der Waals surface area contributed by atoms with Crippen LogP contribution in [-0.2, 0) is 6.42 Å². The molecule has 5 rings (SSSR count). The Kier molecular flexibility index (Phi) is 4.46. The summed E-state index contributed by atoms with van der Waals surface area (Å²) in [4.78, 5) is 21.6. The van der Waals surface area contributed by atoms with Crippen LogP contribution in [0.1, 0.15) is 30.9 Å². The summed E-state index contributed by atoms with van der Waals surface area (Å²) in [6, 6.07) is 1.43. The lowest BCUT2D eigenvalue weighted by molar-refractivity contribution is 0.621. The van der Waals surface area contributed by atoms with E-state index in [0.717, 1.165) is 29.6 Å². The molecular weight excluding hydrogens is 385 g/mol. The van der Waals surface area contributed by atoms with E-state index in [4.69, 9.17) is 0 Å². The van der Waals surface area contributed by atoms with E-state index in [1.54, 1.807) is 16.9 Å². The first kappa shape index (κ1) is 18.3. The van der Waals surface area contributed by atoms with E-state index < -0.39 is 5.82 Å². The van der Waals surface area contributed by atoms with Gasteiger partial charge in [-0.1, -0.05) is 13.8 Å². The predicted molar refractivity (Wildman–Crippen MR) is 110 cm³/mol. The van der Waals surface area contributed by atoms with Gasteiger partial charge in [-0.15, -0.1) is 0 Å². The molecule has 4 aromatic heterocycles. The van der Waals surface area contributed by atoms with Crippen LogP contribution in [0.25, 0.3) is 17.0 Å². The smallest absolute Gasteiger partial charge is 0.228 e. The molecule has 9 nitrogen and oxygen atoms in total. The minimum absolute atomic E-state index is 0.0479. The van der Waals surface area contributed by atoms with Gasteiger partial charge in [0, 0.05) is 35.6 Å². The Hall–Kier alpha value is -3.69. The fraction of sp³-hybridized carbons (Fsp3) is 0.300. The molecule has 0 unspecified atom stereocenters. The van der Waals surface area contributed by atoms with Crippen molar-refractivity contribution in [2.45, 2.75) is 32.2 Å². The van der Waals surface area contributed by atoms with Crippen LogP contribution < -0.4 is 10.6 Å². The van der Waals surface area contributed by atoms with Crippen LogP contribution in [0.3, 0.4) is 0 Å². The minimum atomic E-state index is -0.434. The lowest BCUT2D eigenvalue weighted by Gasteiger charge is -2.26. The molecule has 1 aliphatic rings. The van der Waals surface area contributed by atoms with Gasteiger partial charge in [-0.25, -0.2) is 19.3 Å². The standard InChI is InChI=1S/C20H20FN9/c1-11(2)16-9-26-30-19(16)28-18(12-3-14(21)7-22-5-12)29-20(30)27-15-4-13-6-23-10-25-17(13)24-8-15/h3,5-7,9-11,15H,4,8H2,1-2H3,(H,23,24,25)(H,27,28,29)/t15-/m0/s1. The van der Waals surface area contributed by atoms with Crippen molar-refractivity contribution < 1.29 is 4.39 Å². The second kappa shape index (κ2) is 7.29. The summed E-state index contributed by atoms with van der Waals surface area (Å²) in [5.74, 6) is 1.58. The first-order valence-electron chi connectivity index (χ1n) is 9.74. The number of anilines is 2. The third kappa shape index (κ3) is 3.30. The highest BCUT2D eigenvalue weighted by molar-refractivity contribution is 5.62. The zero-order valence-corrected chi connectivity index (χ0v) is 16.5. The number of hydrogen-bond donors (Lipinski definition) is 2. The quantitative estimate of drug-likeness (QED) is 0.534. The Morgan fingerprint density at radius 3 is 2.90 bits per heavy atom. The second-order valence-corrected chi connectivity index (χ2v) is 7.58. The molecule has 5 heterocycles. The van der Waals surface area contributed by atoms with Crippen LogP contribution in [0.4, 0.5) is 16.2 Å². The van der Waals surface area contributed by atoms with Gasteiger partial charge in [-0.05, 0) is 18.4 Å². The molecule has 0 amide bonds. The maximum Gasteiger partial charge on any atom is 0.228 e. The number of halogens is 1. The highest BCUT2D eigenvalue weighted by atomic mass is 19.1. The second-order valence-electron chi connectivity index (χ2n) is 7.58. The Labute approximate surface area is 171 Å². The Morgan fingerprint density at radius 2 is 2.07 bits per heavy atom. The molecule has 0 fully saturated rings. The number of nitrogens with zero attached hydrogens (tertiary/aromatic N) is 7. The van der Waals surface area contributed by atoms with Crippen molar-refractivity contribution in [2.24, 2.45) is 0 Å². The summed E-state index contributed by atoms with van der Waals surface area (Å²) >= 11 is 0. The van der Waals surface area contributed by atoms with Crippen molar-refractivity contribution in [3.8, 4) is 11.4 Å². The lowest BCUT2D eigenvalue weighted by Crippen LogP contribution is -2.36. The molecule has 0 aliphatic carbocycles. The van der Waals surface area contributed by atoms with Crippen molar-refractivity contribution in [3.05, 3.63) is 54.1 Å². The summed E-state index contributed by atoms with van der Waals surface area (Å²) in [5.41, 5.74) is 3.22. The van der Waals surface area contributed by atoms with Crippen molar-refractivity contribution in [1.29, 1.82) is 0 Å². The molecule has 0 spiro atoms. The van der Waals surface area contributed by atoms with E-state index >= 15 is 0 Å². The maximum atomic E-state index is 13.8. The van der Waals surface area contributed by atoms with Gasteiger partial charge in [-0.3, -0.25) is 4.98 Å². The Bertz CT molecular complexity index is 1220. The van der Waals surface area contributed by atoms with Crippen molar-refractivity contribution in [2.75, 3.05) is 17.2 Å². The molecule has 10 heteroatoms. The number of nitrogens with one attached hydrogen (secondary N) is 2. The van der Waals surface area contributed by atoms with Gasteiger partial charge in [0.25, 0.3) is 0 Å². The normalized spacial score (nSPS) is 15.8. The zero-order chi connectivity index (χ0) is 20.7. The molecule has 2 N–H and O–H groups in total. The molecule has 1 atom stereocenters. The largest absolute Gasteiger partial charge is 0.368 e. The highest BCUT2D eigenvalue weighted by Crippen LogP contribution is 2.26. The van der Waals surface area contributed by atoms with E-state index in [9.17, 15) is 4.39 Å². The highest BCUT2D eigenvalue weighted by Gasteiger charge is 2.22. The molecule has 1 aliphatic heterocycles. The molecule has 0 saturated heterocycles. The molecule has 0 bridgehead atoms. The predicted octanol–water partition coefficient (Wildman–Crippen LogP) is 2.69. The number of hydrogen-bond acceptors (Lipinski definition) is 8. The fourth-order valence-corrected chi connectivity index (χ4v) is 3.57. The van der Waals surface area contributed by atoms with Crippen LogP contribution in [0.15, 0.2) is 37.2 Å². The Balaban J connectivity index is 1.57. The van der Waals surface area contributed by atoms with Gasteiger partial charge in [0.1, 0.15) is 18.0 Å². The van der Waals surface area contributed by atoms with Gasteiger partial charge >= 0.3 is 0 Å². The van der Waals surface area contributed by atoms with Gasteiger partial charge in [0.05, 0.1) is 18.4 Å².